The van der Waals surface area contributed by atoms with Gasteiger partial charge in [-0.1, -0.05) is 30.3 Å². The average Bonchev–Trinajstić information content (AvgIpc) is 2.52. The van der Waals surface area contributed by atoms with Crippen molar-refractivity contribution in [3.8, 4) is 0 Å². The van der Waals surface area contributed by atoms with Crippen molar-refractivity contribution in [2.75, 3.05) is 32.7 Å². The van der Waals surface area contributed by atoms with Crippen molar-refractivity contribution in [2.24, 2.45) is 5.92 Å². The molecule has 1 N–H and O–H groups in total. The molecular weight excluding hydrogens is 346 g/mol. The van der Waals surface area contributed by atoms with Crippen molar-refractivity contribution in [3.05, 3.63) is 35.9 Å². The fraction of sp³-hybridized carbons (Fsp3) is 0.600. The maximum Gasteiger partial charge on any atom is 0.410 e. The first-order valence-electron chi connectivity index (χ1n) is 9.46. The summed E-state index contributed by atoms with van der Waals surface area (Å²) in [5.74, 6) is 0.475. The minimum Gasteiger partial charge on any atom is -0.445 e. The lowest BCUT2D eigenvalue weighted by molar-refractivity contribution is -0.0129. The molecule has 2 heterocycles. The number of benzene rings is 1. The molecular formula is C20H29N3O4. The second-order valence-corrected chi connectivity index (χ2v) is 8.37. The van der Waals surface area contributed by atoms with Crippen LogP contribution in [-0.4, -0.2) is 66.4 Å². The third-order valence-electron chi connectivity index (χ3n) is 4.62. The molecule has 2 saturated heterocycles. The molecule has 2 aliphatic rings. The smallest absolute Gasteiger partial charge is 0.410 e. The van der Waals surface area contributed by atoms with Crippen molar-refractivity contribution < 1.29 is 19.1 Å². The quantitative estimate of drug-likeness (QED) is 0.856. The van der Waals surface area contributed by atoms with E-state index in [4.69, 9.17) is 9.47 Å². The van der Waals surface area contributed by atoms with Crippen LogP contribution in [0.5, 0.6) is 0 Å². The van der Waals surface area contributed by atoms with E-state index < -0.39 is 5.60 Å². The van der Waals surface area contributed by atoms with E-state index in [0.717, 1.165) is 38.3 Å². The van der Waals surface area contributed by atoms with Crippen LogP contribution >= 0.6 is 0 Å². The third kappa shape index (κ3) is 5.85. The maximum absolute atomic E-state index is 11.9. The molecule has 2 fully saturated rings. The van der Waals surface area contributed by atoms with Crippen molar-refractivity contribution in [3.63, 3.8) is 0 Å². The molecule has 1 aromatic rings. The predicted molar refractivity (Wildman–Crippen MR) is 101 cm³/mol. The molecule has 2 amide bonds. The molecule has 148 valence electrons. The molecule has 0 aliphatic carbocycles. The summed E-state index contributed by atoms with van der Waals surface area (Å²) in [5.41, 5.74) is 0.524. The number of hydrogen-bond donors (Lipinski definition) is 1. The van der Waals surface area contributed by atoms with Gasteiger partial charge in [-0.05, 0) is 26.3 Å². The Balaban J connectivity index is 1.25. The van der Waals surface area contributed by atoms with E-state index in [0.29, 0.717) is 5.92 Å². The molecule has 1 aromatic carbocycles. The third-order valence-corrected chi connectivity index (χ3v) is 4.62. The number of carbonyl (C=O) groups is 2. The monoisotopic (exact) mass is 375 g/mol. The van der Waals surface area contributed by atoms with Gasteiger partial charge < -0.3 is 19.7 Å². The highest BCUT2D eigenvalue weighted by Crippen LogP contribution is 2.22. The van der Waals surface area contributed by atoms with Crippen LogP contribution in [0.15, 0.2) is 30.3 Å². The molecule has 0 unspecified atom stereocenters. The van der Waals surface area contributed by atoms with Crippen molar-refractivity contribution in [2.45, 2.75) is 39.0 Å². The SMILES string of the molecule is CC(C)(C)OC(=O)N1CC(CN2CC(NC(=O)OCc3ccccc3)C2)C1. The van der Waals surface area contributed by atoms with Gasteiger partial charge in [0.05, 0.1) is 6.04 Å². The Labute approximate surface area is 160 Å². The molecule has 7 nitrogen and oxygen atoms in total. The standard InChI is InChI=1S/C20H29N3O4/c1-20(2,3)27-19(25)23-10-16(11-23)9-22-12-17(13-22)21-18(24)26-14-15-7-5-4-6-8-15/h4-8,16-17H,9-14H2,1-3H3,(H,21,24). The Kier molecular flexibility index (Phi) is 5.89. The van der Waals surface area contributed by atoms with Gasteiger partial charge in [0.2, 0.25) is 0 Å². The lowest BCUT2D eigenvalue weighted by Gasteiger charge is -2.46. The van der Waals surface area contributed by atoms with E-state index >= 15 is 0 Å². The topological polar surface area (TPSA) is 71.1 Å². The molecule has 0 atom stereocenters. The first kappa shape index (κ1) is 19.5. The van der Waals surface area contributed by atoms with E-state index in [2.05, 4.69) is 10.2 Å². The average molecular weight is 375 g/mol. The number of hydrogen-bond acceptors (Lipinski definition) is 5. The molecule has 7 heteroatoms. The van der Waals surface area contributed by atoms with Crippen LogP contribution in [0, 0.1) is 5.92 Å². The zero-order valence-corrected chi connectivity index (χ0v) is 16.3. The summed E-state index contributed by atoms with van der Waals surface area (Å²) in [7, 11) is 0. The molecule has 0 bridgehead atoms. The lowest BCUT2D eigenvalue weighted by atomic mass is 9.97. The molecule has 0 aromatic heterocycles. The normalized spacial score (nSPS) is 18.4. The maximum atomic E-state index is 11.9. The zero-order chi connectivity index (χ0) is 19.4. The summed E-state index contributed by atoms with van der Waals surface area (Å²) >= 11 is 0. The van der Waals surface area contributed by atoms with Crippen LogP contribution in [0.25, 0.3) is 0 Å². The molecule has 0 spiro atoms. The summed E-state index contributed by atoms with van der Waals surface area (Å²) in [6, 6.07) is 9.77. The summed E-state index contributed by atoms with van der Waals surface area (Å²) in [5, 5.41) is 2.89. The Morgan fingerprint density at radius 3 is 2.41 bits per heavy atom. The van der Waals surface area contributed by atoms with Gasteiger partial charge in [-0.25, -0.2) is 9.59 Å². The van der Waals surface area contributed by atoms with E-state index in [9.17, 15) is 9.59 Å². The number of carbonyl (C=O) groups excluding carboxylic acids is 2. The van der Waals surface area contributed by atoms with Crippen LogP contribution in [0.2, 0.25) is 0 Å². The highest BCUT2D eigenvalue weighted by Gasteiger charge is 2.37. The van der Waals surface area contributed by atoms with Crippen LogP contribution < -0.4 is 5.32 Å². The number of amides is 2. The summed E-state index contributed by atoms with van der Waals surface area (Å²) in [4.78, 5) is 27.8. The van der Waals surface area contributed by atoms with E-state index in [1.165, 1.54) is 0 Å². The lowest BCUT2D eigenvalue weighted by Crippen LogP contribution is -2.63. The summed E-state index contributed by atoms with van der Waals surface area (Å²) in [6.07, 6.45) is -0.605. The van der Waals surface area contributed by atoms with Crippen molar-refractivity contribution >= 4 is 12.2 Å². The van der Waals surface area contributed by atoms with E-state index in [-0.39, 0.29) is 24.8 Å². The Hall–Kier alpha value is -2.28. The molecule has 0 saturated carbocycles. The van der Waals surface area contributed by atoms with Gasteiger partial charge in [0.1, 0.15) is 12.2 Å². The van der Waals surface area contributed by atoms with Gasteiger partial charge in [-0.15, -0.1) is 0 Å². The van der Waals surface area contributed by atoms with Crippen molar-refractivity contribution in [1.82, 2.24) is 15.1 Å². The Morgan fingerprint density at radius 1 is 1.11 bits per heavy atom. The largest absolute Gasteiger partial charge is 0.445 e. The van der Waals surface area contributed by atoms with Gasteiger partial charge in [-0.2, -0.15) is 0 Å². The van der Waals surface area contributed by atoms with Gasteiger partial charge in [-0.3, -0.25) is 4.90 Å². The van der Waals surface area contributed by atoms with E-state index in [1.54, 1.807) is 4.90 Å². The number of nitrogens with zero attached hydrogens (tertiary/aromatic N) is 2. The van der Waals surface area contributed by atoms with Crippen LogP contribution in [0.4, 0.5) is 9.59 Å². The summed E-state index contributed by atoms with van der Waals surface area (Å²) in [6.45, 7) is 9.97. The summed E-state index contributed by atoms with van der Waals surface area (Å²) < 4.78 is 10.6. The zero-order valence-electron chi connectivity index (χ0n) is 16.3. The first-order chi connectivity index (χ1) is 12.8. The number of rotatable bonds is 5. The van der Waals surface area contributed by atoms with Gasteiger partial charge in [0.25, 0.3) is 0 Å². The highest BCUT2D eigenvalue weighted by atomic mass is 16.6. The number of ether oxygens (including phenoxy) is 2. The fourth-order valence-corrected chi connectivity index (χ4v) is 3.27. The van der Waals surface area contributed by atoms with Gasteiger partial charge >= 0.3 is 12.2 Å². The number of nitrogens with one attached hydrogen (secondary N) is 1. The molecule has 0 radical (unpaired) electrons. The van der Waals surface area contributed by atoms with Crippen LogP contribution in [-0.2, 0) is 16.1 Å². The second-order valence-electron chi connectivity index (χ2n) is 8.37. The minimum absolute atomic E-state index is 0.135. The van der Waals surface area contributed by atoms with Crippen molar-refractivity contribution in [1.29, 1.82) is 0 Å². The van der Waals surface area contributed by atoms with E-state index in [1.807, 2.05) is 51.1 Å². The fourth-order valence-electron chi connectivity index (χ4n) is 3.27. The van der Waals surface area contributed by atoms with Crippen LogP contribution in [0.1, 0.15) is 26.3 Å². The Bertz CT molecular complexity index is 647. The minimum atomic E-state index is -0.451. The second kappa shape index (κ2) is 8.17. The molecule has 27 heavy (non-hydrogen) atoms. The number of likely N-dealkylation sites (tertiary alicyclic amines) is 2. The predicted octanol–water partition coefficient (Wildman–Crippen LogP) is 2.46. The Morgan fingerprint density at radius 2 is 1.78 bits per heavy atom. The van der Waals surface area contributed by atoms with Crippen LogP contribution in [0.3, 0.4) is 0 Å². The number of alkyl carbamates (subject to hydrolysis) is 1. The first-order valence-corrected chi connectivity index (χ1v) is 9.46. The van der Waals surface area contributed by atoms with Gasteiger partial charge in [0, 0.05) is 38.6 Å². The molecule has 2 aliphatic heterocycles. The molecule has 3 rings (SSSR count). The highest BCUT2D eigenvalue weighted by molar-refractivity contribution is 5.69. The van der Waals surface area contributed by atoms with Gasteiger partial charge in [0.15, 0.2) is 0 Å².